The molecule has 1 heterocycles. The van der Waals surface area contributed by atoms with Gasteiger partial charge in [-0.15, -0.1) is 0 Å². The van der Waals surface area contributed by atoms with Gasteiger partial charge in [0.05, 0.1) is 21.3 Å². The van der Waals surface area contributed by atoms with Gasteiger partial charge in [-0.3, -0.25) is 9.48 Å². The third kappa shape index (κ3) is 3.14. The molecule has 2 rings (SSSR count). The van der Waals surface area contributed by atoms with Crippen LogP contribution in [0, 0.1) is 6.92 Å². The topological polar surface area (TPSA) is 46.9 Å². The molecule has 1 N–H and O–H groups in total. The van der Waals surface area contributed by atoms with Crippen LogP contribution in [0.5, 0.6) is 0 Å². The Hall–Kier alpha value is -1.52. The molecule has 0 saturated carbocycles. The Labute approximate surface area is 127 Å². The minimum atomic E-state index is -0.249. The molecule has 106 valence electrons. The Bertz CT molecular complexity index is 637. The third-order valence-corrected chi connectivity index (χ3v) is 3.83. The summed E-state index contributed by atoms with van der Waals surface area (Å²) in [5, 5.41) is 7.80. The quantitative estimate of drug-likeness (QED) is 0.940. The van der Waals surface area contributed by atoms with Gasteiger partial charge in [0.25, 0.3) is 5.91 Å². The zero-order valence-corrected chi connectivity index (χ0v) is 12.8. The number of benzene rings is 1. The SMILES string of the molecule is CCn1cc(CNC(=O)c2cccc(Cl)c2Cl)c(C)n1. The van der Waals surface area contributed by atoms with Crippen molar-refractivity contribution in [3.05, 3.63) is 51.3 Å². The number of halogens is 2. The molecule has 0 fully saturated rings. The van der Waals surface area contributed by atoms with Crippen molar-refractivity contribution < 1.29 is 4.79 Å². The van der Waals surface area contributed by atoms with E-state index in [9.17, 15) is 4.79 Å². The van der Waals surface area contributed by atoms with Crippen LogP contribution in [0.2, 0.25) is 10.0 Å². The van der Waals surface area contributed by atoms with E-state index in [1.165, 1.54) is 0 Å². The molecule has 0 unspecified atom stereocenters. The summed E-state index contributed by atoms with van der Waals surface area (Å²) in [4.78, 5) is 12.1. The number of aryl methyl sites for hydroxylation is 2. The summed E-state index contributed by atoms with van der Waals surface area (Å²) >= 11 is 11.9. The van der Waals surface area contributed by atoms with Crippen molar-refractivity contribution in [3.8, 4) is 0 Å². The summed E-state index contributed by atoms with van der Waals surface area (Å²) in [6.45, 7) is 5.14. The molecule has 4 nitrogen and oxygen atoms in total. The normalized spacial score (nSPS) is 10.6. The van der Waals surface area contributed by atoms with E-state index >= 15 is 0 Å². The van der Waals surface area contributed by atoms with E-state index in [1.54, 1.807) is 18.2 Å². The number of carbonyl (C=O) groups excluding carboxylic acids is 1. The third-order valence-electron chi connectivity index (χ3n) is 3.01. The number of hydrogen-bond acceptors (Lipinski definition) is 2. The standard InChI is InChI=1S/C14H15Cl2N3O/c1-3-19-8-10(9(2)18-19)7-17-14(20)11-5-4-6-12(15)13(11)16/h4-6,8H,3,7H2,1-2H3,(H,17,20). The minimum Gasteiger partial charge on any atom is -0.348 e. The smallest absolute Gasteiger partial charge is 0.253 e. The summed E-state index contributed by atoms with van der Waals surface area (Å²) in [5.74, 6) is -0.249. The van der Waals surface area contributed by atoms with E-state index in [4.69, 9.17) is 23.2 Å². The predicted octanol–water partition coefficient (Wildman–Crippen LogP) is 3.45. The van der Waals surface area contributed by atoms with Crippen LogP contribution in [-0.2, 0) is 13.1 Å². The van der Waals surface area contributed by atoms with Crippen molar-refractivity contribution in [3.63, 3.8) is 0 Å². The molecule has 1 aromatic heterocycles. The lowest BCUT2D eigenvalue weighted by atomic mass is 10.2. The van der Waals surface area contributed by atoms with Crippen molar-refractivity contribution in [1.29, 1.82) is 0 Å². The van der Waals surface area contributed by atoms with Crippen molar-refractivity contribution in [2.75, 3.05) is 0 Å². The molecule has 0 bridgehead atoms. The zero-order valence-electron chi connectivity index (χ0n) is 11.3. The second-order valence-electron chi connectivity index (χ2n) is 4.38. The molecule has 1 aromatic carbocycles. The number of rotatable bonds is 4. The van der Waals surface area contributed by atoms with Crippen LogP contribution in [0.15, 0.2) is 24.4 Å². The molecule has 20 heavy (non-hydrogen) atoms. The van der Waals surface area contributed by atoms with Crippen LogP contribution in [0.3, 0.4) is 0 Å². The number of amides is 1. The number of aromatic nitrogens is 2. The molecule has 2 aromatic rings. The highest BCUT2D eigenvalue weighted by Gasteiger charge is 2.13. The fourth-order valence-corrected chi connectivity index (χ4v) is 2.23. The highest BCUT2D eigenvalue weighted by Crippen LogP contribution is 2.25. The maximum atomic E-state index is 12.1. The van der Waals surface area contributed by atoms with Gasteiger partial charge in [0.15, 0.2) is 0 Å². The monoisotopic (exact) mass is 311 g/mol. The van der Waals surface area contributed by atoms with E-state index in [-0.39, 0.29) is 10.9 Å². The number of hydrogen-bond donors (Lipinski definition) is 1. The van der Waals surface area contributed by atoms with Gasteiger partial charge in [0.2, 0.25) is 0 Å². The van der Waals surface area contributed by atoms with E-state index in [0.29, 0.717) is 17.1 Å². The first-order valence-corrected chi connectivity index (χ1v) is 7.03. The molecule has 0 aliphatic heterocycles. The molecule has 0 aliphatic carbocycles. The van der Waals surface area contributed by atoms with Gasteiger partial charge >= 0.3 is 0 Å². The average molecular weight is 312 g/mol. The fourth-order valence-electron chi connectivity index (χ4n) is 1.84. The highest BCUT2D eigenvalue weighted by molar-refractivity contribution is 6.43. The Morgan fingerprint density at radius 2 is 2.15 bits per heavy atom. The number of nitrogens with one attached hydrogen (secondary N) is 1. The molecule has 1 amide bonds. The molecule has 0 atom stereocenters. The van der Waals surface area contributed by atoms with E-state index in [0.717, 1.165) is 17.8 Å². The minimum absolute atomic E-state index is 0.249. The lowest BCUT2D eigenvalue weighted by Crippen LogP contribution is -2.23. The lowest BCUT2D eigenvalue weighted by molar-refractivity contribution is 0.0951. The van der Waals surface area contributed by atoms with Gasteiger partial charge in [0, 0.05) is 24.8 Å². The second kappa shape index (κ2) is 6.29. The Kier molecular flexibility index (Phi) is 4.68. The van der Waals surface area contributed by atoms with E-state index in [2.05, 4.69) is 10.4 Å². The summed E-state index contributed by atoms with van der Waals surface area (Å²) < 4.78 is 1.84. The van der Waals surface area contributed by atoms with Gasteiger partial charge in [-0.05, 0) is 26.0 Å². The molecule has 0 saturated heterocycles. The molecule has 0 spiro atoms. The molecule has 0 aliphatic rings. The van der Waals surface area contributed by atoms with Gasteiger partial charge < -0.3 is 5.32 Å². The first-order valence-electron chi connectivity index (χ1n) is 6.28. The van der Waals surface area contributed by atoms with Crippen LogP contribution in [0.4, 0.5) is 0 Å². The van der Waals surface area contributed by atoms with Crippen LogP contribution in [0.1, 0.15) is 28.5 Å². The summed E-state index contributed by atoms with van der Waals surface area (Å²) in [7, 11) is 0. The lowest BCUT2D eigenvalue weighted by Gasteiger charge is -2.07. The average Bonchev–Trinajstić information content (AvgIpc) is 2.80. The fraction of sp³-hybridized carbons (Fsp3) is 0.286. The summed E-state index contributed by atoms with van der Waals surface area (Å²) in [6.07, 6.45) is 1.93. The predicted molar refractivity (Wildman–Crippen MR) is 80.3 cm³/mol. The number of nitrogens with zero attached hydrogens (tertiary/aromatic N) is 2. The summed E-state index contributed by atoms with van der Waals surface area (Å²) in [6, 6.07) is 4.99. The zero-order chi connectivity index (χ0) is 14.7. The van der Waals surface area contributed by atoms with Crippen LogP contribution < -0.4 is 5.32 Å². The Morgan fingerprint density at radius 3 is 2.80 bits per heavy atom. The van der Waals surface area contributed by atoms with Crippen molar-refractivity contribution in [2.45, 2.75) is 26.9 Å². The largest absolute Gasteiger partial charge is 0.348 e. The summed E-state index contributed by atoms with van der Waals surface area (Å²) in [5.41, 5.74) is 2.27. The van der Waals surface area contributed by atoms with Crippen LogP contribution >= 0.6 is 23.2 Å². The van der Waals surface area contributed by atoms with Crippen molar-refractivity contribution >= 4 is 29.1 Å². The van der Waals surface area contributed by atoms with Crippen molar-refractivity contribution in [2.24, 2.45) is 0 Å². The van der Waals surface area contributed by atoms with Crippen LogP contribution in [-0.4, -0.2) is 15.7 Å². The molecule has 6 heteroatoms. The maximum Gasteiger partial charge on any atom is 0.253 e. The number of carbonyl (C=O) groups is 1. The highest BCUT2D eigenvalue weighted by atomic mass is 35.5. The van der Waals surface area contributed by atoms with Gasteiger partial charge in [-0.1, -0.05) is 29.3 Å². The molecular weight excluding hydrogens is 297 g/mol. The van der Waals surface area contributed by atoms with Gasteiger partial charge in [-0.25, -0.2) is 0 Å². The van der Waals surface area contributed by atoms with Gasteiger partial charge in [0.1, 0.15) is 0 Å². The van der Waals surface area contributed by atoms with Gasteiger partial charge in [-0.2, -0.15) is 5.10 Å². The second-order valence-corrected chi connectivity index (χ2v) is 5.16. The Balaban J connectivity index is 2.08. The van der Waals surface area contributed by atoms with E-state index in [1.807, 2.05) is 24.7 Å². The van der Waals surface area contributed by atoms with Crippen molar-refractivity contribution in [1.82, 2.24) is 15.1 Å². The first-order chi connectivity index (χ1) is 9.52. The molecular formula is C14H15Cl2N3O. The maximum absolute atomic E-state index is 12.1. The first kappa shape index (κ1) is 14.9. The van der Waals surface area contributed by atoms with Crippen LogP contribution in [0.25, 0.3) is 0 Å². The Morgan fingerprint density at radius 1 is 1.40 bits per heavy atom. The molecule has 0 radical (unpaired) electrons. The van der Waals surface area contributed by atoms with E-state index < -0.39 is 0 Å².